The Labute approximate surface area is 141 Å². The fraction of sp³-hybridized carbons (Fsp3) is 0.278. The number of nitrogens with zero attached hydrogens (tertiary/aromatic N) is 4. The van der Waals surface area contributed by atoms with Crippen molar-refractivity contribution < 1.29 is 4.79 Å². The first-order valence-electron chi connectivity index (χ1n) is 7.81. The van der Waals surface area contributed by atoms with Gasteiger partial charge in [-0.3, -0.25) is 14.6 Å². The summed E-state index contributed by atoms with van der Waals surface area (Å²) in [6, 6.07) is 9.86. The van der Waals surface area contributed by atoms with Crippen molar-refractivity contribution in [3.63, 3.8) is 0 Å². The van der Waals surface area contributed by atoms with Crippen LogP contribution in [0.15, 0.2) is 36.5 Å². The Morgan fingerprint density at radius 1 is 1.25 bits per heavy atom. The number of nitrogens with one attached hydrogen (secondary N) is 1. The van der Waals surface area contributed by atoms with Crippen molar-refractivity contribution in [2.45, 2.75) is 20.4 Å². The lowest BCUT2D eigenvalue weighted by Crippen LogP contribution is -2.26. The van der Waals surface area contributed by atoms with Crippen LogP contribution in [0.5, 0.6) is 0 Å². The average Bonchev–Trinajstić information content (AvgIpc) is 3.14. The van der Waals surface area contributed by atoms with Gasteiger partial charge in [-0.25, -0.2) is 0 Å². The van der Waals surface area contributed by atoms with Crippen LogP contribution >= 0.6 is 0 Å². The van der Waals surface area contributed by atoms with E-state index in [1.54, 1.807) is 22.7 Å². The zero-order valence-electron chi connectivity index (χ0n) is 14.4. The van der Waals surface area contributed by atoms with Crippen LogP contribution in [0.1, 0.15) is 27.3 Å². The second-order valence-corrected chi connectivity index (χ2v) is 6.11. The van der Waals surface area contributed by atoms with Gasteiger partial charge >= 0.3 is 0 Å². The first kappa shape index (κ1) is 16.0. The summed E-state index contributed by atoms with van der Waals surface area (Å²) >= 11 is 0. The highest BCUT2D eigenvalue weighted by atomic mass is 16.2. The molecule has 2 aromatic heterocycles. The molecule has 0 atom stereocenters. The Morgan fingerprint density at radius 3 is 2.58 bits per heavy atom. The summed E-state index contributed by atoms with van der Waals surface area (Å²) in [5.74, 6) is -0.0934. The van der Waals surface area contributed by atoms with Gasteiger partial charge in [0.05, 0.1) is 11.4 Å². The van der Waals surface area contributed by atoms with Crippen molar-refractivity contribution in [3.8, 4) is 11.3 Å². The van der Waals surface area contributed by atoms with Crippen LogP contribution in [0.3, 0.4) is 0 Å². The number of aromatic nitrogens is 4. The summed E-state index contributed by atoms with van der Waals surface area (Å²) in [5.41, 5.74) is 5.39. The molecule has 1 amide bonds. The lowest BCUT2D eigenvalue weighted by molar-refractivity contribution is 0.0779. The molecule has 1 N–H and O–H groups in total. The molecule has 0 spiro atoms. The molecule has 0 aliphatic heterocycles. The quantitative estimate of drug-likeness (QED) is 0.803. The van der Waals surface area contributed by atoms with E-state index in [1.807, 2.05) is 51.4 Å². The number of amides is 1. The maximum atomic E-state index is 12.6. The molecule has 2 heterocycles. The molecule has 6 nitrogen and oxygen atoms in total. The number of hydrogen-bond donors (Lipinski definition) is 1. The van der Waals surface area contributed by atoms with E-state index in [2.05, 4.69) is 15.3 Å². The SMILES string of the molecule is Cc1ccc(-c2cc(C(=O)N(C)Cc3cn(C)nc3C)[nH]n2)cc1. The third-order valence-electron chi connectivity index (χ3n) is 4.02. The van der Waals surface area contributed by atoms with E-state index in [4.69, 9.17) is 0 Å². The molecule has 0 radical (unpaired) electrons. The minimum absolute atomic E-state index is 0.0934. The van der Waals surface area contributed by atoms with Gasteiger partial charge in [0.1, 0.15) is 5.69 Å². The maximum absolute atomic E-state index is 12.6. The van der Waals surface area contributed by atoms with E-state index in [9.17, 15) is 4.79 Å². The first-order valence-corrected chi connectivity index (χ1v) is 7.81. The molecule has 24 heavy (non-hydrogen) atoms. The zero-order chi connectivity index (χ0) is 17.3. The Kier molecular flexibility index (Phi) is 4.20. The van der Waals surface area contributed by atoms with E-state index >= 15 is 0 Å². The van der Waals surface area contributed by atoms with Gasteiger partial charge < -0.3 is 4.90 Å². The van der Waals surface area contributed by atoms with Gasteiger partial charge in [-0.1, -0.05) is 29.8 Å². The molecule has 0 fully saturated rings. The molecule has 0 saturated carbocycles. The standard InChI is InChI=1S/C18H21N5O/c1-12-5-7-14(8-6-12)16-9-17(20-19-16)18(24)22(3)10-15-11-23(4)21-13(15)2/h5-9,11H,10H2,1-4H3,(H,19,20). The summed E-state index contributed by atoms with van der Waals surface area (Å²) in [4.78, 5) is 14.3. The van der Waals surface area contributed by atoms with Crippen molar-refractivity contribution >= 4 is 5.91 Å². The Morgan fingerprint density at radius 2 is 1.96 bits per heavy atom. The second-order valence-electron chi connectivity index (χ2n) is 6.11. The summed E-state index contributed by atoms with van der Waals surface area (Å²) in [6.45, 7) is 4.50. The minimum atomic E-state index is -0.0934. The van der Waals surface area contributed by atoms with E-state index < -0.39 is 0 Å². The highest BCUT2D eigenvalue weighted by Crippen LogP contribution is 2.19. The average molecular weight is 323 g/mol. The van der Waals surface area contributed by atoms with Crippen LogP contribution in [0.2, 0.25) is 0 Å². The Bertz CT molecular complexity index is 860. The van der Waals surface area contributed by atoms with E-state index in [-0.39, 0.29) is 5.91 Å². The third-order valence-corrected chi connectivity index (χ3v) is 4.02. The number of benzene rings is 1. The van der Waals surface area contributed by atoms with Crippen molar-refractivity contribution in [2.24, 2.45) is 7.05 Å². The normalized spacial score (nSPS) is 10.8. The van der Waals surface area contributed by atoms with Gasteiger partial charge in [0.25, 0.3) is 5.91 Å². The summed E-state index contributed by atoms with van der Waals surface area (Å²) in [7, 11) is 3.65. The molecule has 3 rings (SSSR count). The van der Waals surface area contributed by atoms with Gasteiger partial charge in [0, 0.05) is 38.0 Å². The van der Waals surface area contributed by atoms with E-state index in [0.717, 1.165) is 22.5 Å². The molecule has 1 aromatic carbocycles. The number of aryl methyl sites for hydroxylation is 3. The molecular formula is C18H21N5O. The first-order chi connectivity index (χ1) is 11.4. The summed E-state index contributed by atoms with van der Waals surface area (Å²) < 4.78 is 1.76. The molecule has 0 saturated heterocycles. The van der Waals surface area contributed by atoms with Crippen LogP contribution < -0.4 is 0 Å². The number of rotatable bonds is 4. The van der Waals surface area contributed by atoms with Gasteiger partial charge in [-0.05, 0) is 19.9 Å². The fourth-order valence-electron chi connectivity index (χ4n) is 2.64. The van der Waals surface area contributed by atoms with Crippen molar-refractivity contribution in [1.29, 1.82) is 0 Å². The molecule has 124 valence electrons. The van der Waals surface area contributed by atoms with Crippen LogP contribution in [-0.2, 0) is 13.6 Å². The lowest BCUT2D eigenvalue weighted by atomic mass is 10.1. The molecule has 0 aliphatic rings. The summed E-state index contributed by atoms with van der Waals surface area (Å²) in [6.07, 6.45) is 1.93. The van der Waals surface area contributed by atoms with Crippen LogP contribution in [-0.4, -0.2) is 37.8 Å². The number of hydrogen-bond acceptors (Lipinski definition) is 3. The molecule has 6 heteroatoms. The topological polar surface area (TPSA) is 66.8 Å². The van der Waals surface area contributed by atoms with Gasteiger partial charge in [-0.15, -0.1) is 0 Å². The van der Waals surface area contributed by atoms with Gasteiger partial charge in [0.2, 0.25) is 0 Å². The minimum Gasteiger partial charge on any atom is -0.336 e. The van der Waals surface area contributed by atoms with Crippen molar-refractivity contribution in [2.75, 3.05) is 7.05 Å². The Balaban J connectivity index is 1.75. The van der Waals surface area contributed by atoms with Crippen molar-refractivity contribution in [1.82, 2.24) is 24.9 Å². The fourth-order valence-corrected chi connectivity index (χ4v) is 2.64. The van der Waals surface area contributed by atoms with E-state index in [1.165, 1.54) is 5.56 Å². The number of aromatic amines is 1. The van der Waals surface area contributed by atoms with Crippen LogP contribution in [0.25, 0.3) is 11.3 Å². The number of carbonyl (C=O) groups excluding carboxylic acids is 1. The highest BCUT2D eigenvalue weighted by molar-refractivity contribution is 5.93. The molecular weight excluding hydrogens is 302 g/mol. The molecule has 3 aromatic rings. The van der Waals surface area contributed by atoms with Crippen molar-refractivity contribution in [3.05, 3.63) is 59.0 Å². The van der Waals surface area contributed by atoms with E-state index in [0.29, 0.717) is 12.2 Å². The zero-order valence-corrected chi connectivity index (χ0v) is 14.4. The van der Waals surface area contributed by atoms with Gasteiger partial charge in [0.15, 0.2) is 0 Å². The molecule has 0 aliphatic carbocycles. The highest BCUT2D eigenvalue weighted by Gasteiger charge is 2.17. The Hall–Kier alpha value is -2.89. The van der Waals surface area contributed by atoms with Gasteiger partial charge in [-0.2, -0.15) is 10.2 Å². The van der Waals surface area contributed by atoms with Crippen LogP contribution in [0.4, 0.5) is 0 Å². The predicted octanol–water partition coefficient (Wildman–Crippen LogP) is 2.70. The third kappa shape index (κ3) is 3.22. The lowest BCUT2D eigenvalue weighted by Gasteiger charge is -2.15. The largest absolute Gasteiger partial charge is 0.336 e. The van der Waals surface area contributed by atoms with Crippen LogP contribution in [0, 0.1) is 13.8 Å². The maximum Gasteiger partial charge on any atom is 0.271 e. The second kappa shape index (κ2) is 6.31. The monoisotopic (exact) mass is 323 g/mol. The smallest absolute Gasteiger partial charge is 0.271 e. The number of H-pyrrole nitrogens is 1. The molecule has 0 unspecified atom stereocenters. The number of carbonyl (C=O) groups is 1. The molecule has 0 bridgehead atoms. The predicted molar refractivity (Wildman–Crippen MR) is 92.5 cm³/mol. The summed E-state index contributed by atoms with van der Waals surface area (Å²) in [5, 5.41) is 11.4.